The van der Waals surface area contributed by atoms with Crippen LogP contribution in [-0.2, 0) is 4.79 Å². The van der Waals surface area contributed by atoms with Crippen molar-refractivity contribution in [2.45, 2.75) is 13.8 Å². The number of carbonyl (C=O) groups is 1. The van der Waals surface area contributed by atoms with Gasteiger partial charge in [0.15, 0.2) is 6.61 Å². The minimum atomic E-state index is -0.254. The molecule has 1 aromatic heterocycles. The van der Waals surface area contributed by atoms with E-state index in [-0.39, 0.29) is 12.5 Å². The zero-order chi connectivity index (χ0) is 14.5. The number of hydrogen-bond donors (Lipinski definition) is 1. The maximum Gasteiger partial charge on any atom is 0.263 e. The fraction of sp³-hybridized carbons (Fsp3) is 0.200. The van der Waals surface area contributed by atoms with E-state index in [9.17, 15) is 4.79 Å². The molecule has 0 aliphatic carbocycles. The van der Waals surface area contributed by atoms with Gasteiger partial charge in [-0.25, -0.2) is 4.98 Å². The summed E-state index contributed by atoms with van der Waals surface area (Å²) in [5.74, 6) is 0.876. The van der Waals surface area contributed by atoms with E-state index in [0.29, 0.717) is 16.6 Å². The van der Waals surface area contributed by atoms with E-state index < -0.39 is 0 Å². The standard InChI is InChI=1S/C15H15ClN2O2/c1-10-5-6-17-14(7-10)18-15(19)9-20-12-3-4-13(16)11(2)8-12/h3-8H,9H2,1-2H3,(H,17,18,19). The number of aromatic nitrogens is 1. The molecule has 0 fully saturated rings. The Hall–Kier alpha value is -2.07. The second kappa shape index (κ2) is 6.39. The van der Waals surface area contributed by atoms with Crippen molar-refractivity contribution in [3.8, 4) is 5.75 Å². The van der Waals surface area contributed by atoms with Crippen LogP contribution in [0.1, 0.15) is 11.1 Å². The first-order chi connectivity index (χ1) is 9.54. The Labute approximate surface area is 122 Å². The molecular weight excluding hydrogens is 276 g/mol. The molecule has 0 atom stereocenters. The molecule has 2 aromatic rings. The van der Waals surface area contributed by atoms with Crippen LogP contribution in [0.5, 0.6) is 5.75 Å². The number of benzene rings is 1. The van der Waals surface area contributed by atoms with Gasteiger partial charge in [-0.15, -0.1) is 0 Å². The van der Waals surface area contributed by atoms with E-state index in [4.69, 9.17) is 16.3 Å². The summed E-state index contributed by atoms with van der Waals surface area (Å²) in [4.78, 5) is 15.8. The van der Waals surface area contributed by atoms with Crippen LogP contribution in [0.25, 0.3) is 0 Å². The van der Waals surface area contributed by atoms with Crippen LogP contribution in [0.2, 0.25) is 5.02 Å². The highest BCUT2D eigenvalue weighted by Crippen LogP contribution is 2.20. The molecule has 20 heavy (non-hydrogen) atoms. The van der Waals surface area contributed by atoms with Crippen LogP contribution in [0, 0.1) is 13.8 Å². The summed E-state index contributed by atoms with van der Waals surface area (Å²) in [6.45, 7) is 3.74. The van der Waals surface area contributed by atoms with Crippen molar-refractivity contribution in [2.24, 2.45) is 0 Å². The van der Waals surface area contributed by atoms with Crippen molar-refractivity contribution in [2.75, 3.05) is 11.9 Å². The fourth-order valence-corrected chi connectivity index (χ4v) is 1.76. The van der Waals surface area contributed by atoms with Crippen molar-refractivity contribution in [1.29, 1.82) is 0 Å². The molecule has 0 aliphatic heterocycles. The fourth-order valence-electron chi connectivity index (χ4n) is 1.64. The Morgan fingerprint density at radius 1 is 1.30 bits per heavy atom. The number of carbonyl (C=O) groups excluding carboxylic acids is 1. The molecule has 1 aromatic carbocycles. The van der Waals surface area contributed by atoms with Gasteiger partial charge < -0.3 is 10.1 Å². The zero-order valence-corrected chi connectivity index (χ0v) is 12.1. The summed E-state index contributed by atoms with van der Waals surface area (Å²) < 4.78 is 5.41. The number of ether oxygens (including phenoxy) is 1. The highest BCUT2D eigenvalue weighted by atomic mass is 35.5. The third kappa shape index (κ3) is 3.96. The van der Waals surface area contributed by atoms with Crippen molar-refractivity contribution >= 4 is 23.3 Å². The Morgan fingerprint density at radius 2 is 2.10 bits per heavy atom. The normalized spacial score (nSPS) is 10.2. The zero-order valence-electron chi connectivity index (χ0n) is 11.3. The molecule has 0 saturated carbocycles. The average molecular weight is 291 g/mol. The first-order valence-corrected chi connectivity index (χ1v) is 6.54. The monoisotopic (exact) mass is 290 g/mol. The van der Waals surface area contributed by atoms with Gasteiger partial charge in [-0.1, -0.05) is 11.6 Å². The van der Waals surface area contributed by atoms with Gasteiger partial charge in [0.25, 0.3) is 5.91 Å². The number of amides is 1. The molecule has 0 unspecified atom stereocenters. The Kier molecular flexibility index (Phi) is 4.58. The first kappa shape index (κ1) is 14.3. The Bertz CT molecular complexity index is 629. The van der Waals surface area contributed by atoms with Crippen molar-refractivity contribution in [3.05, 3.63) is 52.7 Å². The van der Waals surface area contributed by atoms with E-state index in [1.807, 2.05) is 19.9 Å². The predicted molar refractivity (Wildman–Crippen MR) is 79.3 cm³/mol. The highest BCUT2D eigenvalue weighted by molar-refractivity contribution is 6.31. The summed E-state index contributed by atoms with van der Waals surface area (Å²) in [6.07, 6.45) is 1.65. The second-order valence-corrected chi connectivity index (χ2v) is 4.87. The lowest BCUT2D eigenvalue weighted by Crippen LogP contribution is -2.20. The van der Waals surface area contributed by atoms with E-state index in [1.165, 1.54) is 0 Å². The van der Waals surface area contributed by atoms with Crippen molar-refractivity contribution < 1.29 is 9.53 Å². The molecule has 1 amide bonds. The molecule has 1 heterocycles. The molecule has 1 N–H and O–H groups in total. The van der Waals surface area contributed by atoms with Crippen molar-refractivity contribution in [3.63, 3.8) is 0 Å². The maximum absolute atomic E-state index is 11.7. The molecule has 0 radical (unpaired) electrons. The van der Waals surface area contributed by atoms with Crippen LogP contribution >= 0.6 is 11.6 Å². The van der Waals surface area contributed by atoms with Gasteiger partial charge in [0.2, 0.25) is 0 Å². The third-order valence-corrected chi connectivity index (χ3v) is 3.11. The summed E-state index contributed by atoms with van der Waals surface area (Å²) in [7, 11) is 0. The molecule has 2 rings (SSSR count). The van der Waals surface area contributed by atoms with Crippen LogP contribution in [-0.4, -0.2) is 17.5 Å². The van der Waals surface area contributed by atoms with Crippen LogP contribution in [0.15, 0.2) is 36.5 Å². The summed E-state index contributed by atoms with van der Waals surface area (Å²) in [6, 6.07) is 8.92. The predicted octanol–water partition coefficient (Wildman–Crippen LogP) is 3.37. The van der Waals surface area contributed by atoms with Crippen LogP contribution in [0.4, 0.5) is 5.82 Å². The van der Waals surface area contributed by atoms with Gasteiger partial charge in [-0.2, -0.15) is 0 Å². The Morgan fingerprint density at radius 3 is 2.80 bits per heavy atom. The van der Waals surface area contributed by atoms with Crippen molar-refractivity contribution in [1.82, 2.24) is 4.98 Å². The van der Waals surface area contributed by atoms with Gasteiger partial charge in [0.05, 0.1) is 0 Å². The molecule has 0 bridgehead atoms. The van der Waals surface area contributed by atoms with Gasteiger partial charge in [-0.3, -0.25) is 4.79 Å². The molecule has 0 saturated heterocycles. The number of rotatable bonds is 4. The number of anilines is 1. The van der Waals surface area contributed by atoms with E-state index in [2.05, 4.69) is 10.3 Å². The Balaban J connectivity index is 1.90. The summed E-state index contributed by atoms with van der Waals surface area (Å²) >= 11 is 5.92. The lowest BCUT2D eigenvalue weighted by molar-refractivity contribution is -0.118. The highest BCUT2D eigenvalue weighted by Gasteiger charge is 2.05. The average Bonchev–Trinajstić information content (AvgIpc) is 2.40. The summed E-state index contributed by atoms with van der Waals surface area (Å²) in [5.41, 5.74) is 1.94. The summed E-state index contributed by atoms with van der Waals surface area (Å²) in [5, 5.41) is 3.35. The largest absolute Gasteiger partial charge is 0.484 e. The molecule has 4 nitrogen and oxygen atoms in total. The third-order valence-electron chi connectivity index (χ3n) is 2.68. The molecular formula is C15H15ClN2O2. The quantitative estimate of drug-likeness (QED) is 0.939. The number of hydrogen-bond acceptors (Lipinski definition) is 3. The molecule has 104 valence electrons. The van der Waals surface area contributed by atoms with Gasteiger partial charge in [-0.05, 0) is 55.3 Å². The van der Waals surface area contributed by atoms with E-state index >= 15 is 0 Å². The first-order valence-electron chi connectivity index (χ1n) is 6.16. The minimum Gasteiger partial charge on any atom is -0.484 e. The molecule has 5 heteroatoms. The van der Waals surface area contributed by atoms with Crippen LogP contribution < -0.4 is 10.1 Å². The number of halogens is 1. The van der Waals surface area contributed by atoms with Gasteiger partial charge in [0, 0.05) is 11.2 Å². The van der Waals surface area contributed by atoms with E-state index in [1.54, 1.807) is 30.5 Å². The topological polar surface area (TPSA) is 51.2 Å². The lowest BCUT2D eigenvalue weighted by atomic mass is 10.2. The molecule has 0 aliphatic rings. The van der Waals surface area contributed by atoms with Gasteiger partial charge in [0.1, 0.15) is 11.6 Å². The minimum absolute atomic E-state index is 0.0727. The number of pyridine rings is 1. The second-order valence-electron chi connectivity index (χ2n) is 4.47. The number of nitrogens with one attached hydrogen (secondary N) is 1. The van der Waals surface area contributed by atoms with Crippen LogP contribution in [0.3, 0.4) is 0 Å². The maximum atomic E-state index is 11.7. The van der Waals surface area contributed by atoms with E-state index in [0.717, 1.165) is 11.1 Å². The number of aryl methyl sites for hydroxylation is 2. The molecule has 0 spiro atoms. The smallest absolute Gasteiger partial charge is 0.263 e. The lowest BCUT2D eigenvalue weighted by Gasteiger charge is -2.08. The number of nitrogens with zero attached hydrogens (tertiary/aromatic N) is 1. The SMILES string of the molecule is Cc1ccnc(NC(=O)COc2ccc(Cl)c(C)c2)c1. The van der Waals surface area contributed by atoms with Gasteiger partial charge >= 0.3 is 0 Å².